The number of piperazine rings is 1. The fourth-order valence-corrected chi connectivity index (χ4v) is 7.36. The third kappa shape index (κ3) is 5.95. The molecule has 41 heavy (non-hydrogen) atoms. The van der Waals surface area contributed by atoms with Gasteiger partial charge in [0.1, 0.15) is 18.5 Å². The molecule has 0 spiro atoms. The molecule has 11 nitrogen and oxygen atoms in total. The molecule has 0 radical (unpaired) electrons. The number of morpholine rings is 1. The predicted molar refractivity (Wildman–Crippen MR) is 161 cm³/mol. The number of aromatic nitrogens is 4. The summed E-state index contributed by atoms with van der Waals surface area (Å²) in [5.41, 5.74) is 2.94. The smallest absolute Gasteiger partial charge is 0.162 e. The molecule has 1 aromatic carbocycles. The van der Waals surface area contributed by atoms with E-state index >= 15 is 0 Å². The summed E-state index contributed by atoms with van der Waals surface area (Å²) in [5, 5.41) is 5.93. The zero-order valence-electron chi connectivity index (χ0n) is 23.2. The Hall–Kier alpha value is -2.36. The van der Waals surface area contributed by atoms with Gasteiger partial charge in [-0.1, -0.05) is 12.1 Å². The first-order valence-electron chi connectivity index (χ1n) is 14.3. The summed E-state index contributed by atoms with van der Waals surface area (Å²) in [5.74, 6) is 1.74. The van der Waals surface area contributed by atoms with E-state index in [9.17, 15) is 0 Å². The quantitative estimate of drug-likeness (QED) is 0.124. The van der Waals surface area contributed by atoms with Crippen LogP contribution in [0.25, 0.3) is 32.5 Å². The van der Waals surface area contributed by atoms with Crippen molar-refractivity contribution in [2.45, 2.75) is 32.0 Å². The van der Waals surface area contributed by atoms with Crippen LogP contribution in [0.2, 0.25) is 0 Å². The van der Waals surface area contributed by atoms with Crippen LogP contribution in [0.15, 0.2) is 30.5 Å². The van der Waals surface area contributed by atoms with E-state index in [-0.39, 0.29) is 6.23 Å². The van der Waals surface area contributed by atoms with Crippen molar-refractivity contribution in [1.29, 1.82) is 0 Å². The molecule has 1 atom stereocenters. The Kier molecular flexibility index (Phi) is 8.36. The van der Waals surface area contributed by atoms with Crippen molar-refractivity contribution in [2.24, 2.45) is 0 Å². The van der Waals surface area contributed by atoms with Gasteiger partial charge in [0, 0.05) is 74.4 Å². The predicted octanol–water partition coefficient (Wildman–Crippen LogP) is 4.50. The van der Waals surface area contributed by atoms with Crippen LogP contribution in [0.1, 0.15) is 30.4 Å². The molecule has 3 aliphatic heterocycles. The molecule has 0 saturated carbocycles. The summed E-state index contributed by atoms with van der Waals surface area (Å²) < 4.78 is 22.0. The van der Waals surface area contributed by atoms with Gasteiger partial charge < -0.3 is 14.4 Å². The minimum atomic E-state index is -0.0105. The Balaban J connectivity index is 1.21. The second-order valence-corrected chi connectivity index (χ2v) is 12.5. The number of anilines is 1. The Morgan fingerprint density at radius 1 is 1.02 bits per heavy atom. The van der Waals surface area contributed by atoms with Gasteiger partial charge in [-0.3, -0.25) is 4.90 Å². The second kappa shape index (κ2) is 12.5. The average molecular weight is 598 g/mol. The minimum Gasteiger partial charge on any atom is -0.378 e. The van der Waals surface area contributed by atoms with Crippen LogP contribution in [0.5, 0.6) is 0 Å². The van der Waals surface area contributed by atoms with E-state index in [2.05, 4.69) is 38.5 Å². The number of benzene rings is 1. The average Bonchev–Trinajstić information content (AvgIpc) is 3.65. The standard InChI is InChI=1S/C28H35N7O4S2/c1-36-39-41-34-10-8-32(9-11-34)18-20-17-24-26(40-20)28(33-12-15-37-16-13-33)30-27(29-24)21-5-4-6-23-22(21)19-35(31-23)25-7-2-3-14-38-25/h4-6,17,19,25H,2-3,7-16,18H2,1H3. The van der Waals surface area contributed by atoms with Crippen molar-refractivity contribution in [3.05, 3.63) is 35.3 Å². The van der Waals surface area contributed by atoms with E-state index < -0.39 is 0 Å². The fraction of sp³-hybridized carbons (Fsp3) is 0.536. The third-order valence-corrected chi connectivity index (χ3v) is 9.77. The lowest BCUT2D eigenvalue weighted by Gasteiger charge is -2.32. The van der Waals surface area contributed by atoms with Gasteiger partial charge in [0.15, 0.2) is 11.6 Å². The topological polar surface area (TPSA) is 90.2 Å². The van der Waals surface area contributed by atoms with E-state index in [1.54, 1.807) is 0 Å². The molecule has 0 amide bonds. The van der Waals surface area contributed by atoms with Gasteiger partial charge in [0.05, 0.1) is 36.1 Å². The van der Waals surface area contributed by atoms with Gasteiger partial charge in [-0.2, -0.15) is 5.10 Å². The second-order valence-electron chi connectivity index (χ2n) is 10.6. The highest BCUT2D eigenvalue weighted by atomic mass is 32.2. The molecule has 3 saturated heterocycles. The van der Waals surface area contributed by atoms with E-state index in [1.165, 1.54) is 24.2 Å². The molecule has 0 bridgehead atoms. The first-order chi connectivity index (χ1) is 20.2. The van der Waals surface area contributed by atoms with Gasteiger partial charge in [0.2, 0.25) is 0 Å². The maximum atomic E-state index is 6.02. The SMILES string of the molecule is COOSN1CCN(Cc2cc3nc(-c4cccc5nn(C6CCCCO6)cc45)nc(N4CCOCC4)c3s2)CC1. The molecule has 1 unspecified atom stereocenters. The third-order valence-electron chi connectivity index (χ3n) is 7.89. The van der Waals surface area contributed by atoms with E-state index in [1.807, 2.05) is 22.1 Å². The Bertz CT molecular complexity index is 1480. The number of hydrogen-bond acceptors (Lipinski definition) is 12. The van der Waals surface area contributed by atoms with Crippen molar-refractivity contribution < 1.29 is 18.7 Å². The van der Waals surface area contributed by atoms with Gasteiger partial charge in [-0.05, 0) is 31.4 Å². The zero-order chi connectivity index (χ0) is 27.6. The Morgan fingerprint density at radius 3 is 2.71 bits per heavy atom. The summed E-state index contributed by atoms with van der Waals surface area (Å²) in [4.78, 5) is 21.2. The Morgan fingerprint density at radius 2 is 1.90 bits per heavy atom. The van der Waals surface area contributed by atoms with Gasteiger partial charge in [0.25, 0.3) is 0 Å². The van der Waals surface area contributed by atoms with Crippen LogP contribution in [0.4, 0.5) is 5.82 Å². The summed E-state index contributed by atoms with van der Waals surface area (Å²) in [7, 11) is 1.53. The van der Waals surface area contributed by atoms with Crippen molar-refractivity contribution in [2.75, 3.05) is 71.1 Å². The number of ether oxygens (including phenoxy) is 2. The van der Waals surface area contributed by atoms with E-state index in [0.29, 0.717) is 13.2 Å². The summed E-state index contributed by atoms with van der Waals surface area (Å²) >= 11 is 3.09. The number of fused-ring (bicyclic) bond motifs is 2. The molecule has 4 aromatic rings. The molecule has 3 fully saturated rings. The lowest BCUT2D eigenvalue weighted by Crippen LogP contribution is -2.42. The van der Waals surface area contributed by atoms with Crippen molar-refractivity contribution in [3.63, 3.8) is 0 Å². The summed E-state index contributed by atoms with van der Waals surface area (Å²) in [6, 6.07) is 8.47. The monoisotopic (exact) mass is 597 g/mol. The van der Waals surface area contributed by atoms with E-state index in [0.717, 1.165) is 110 Å². The highest BCUT2D eigenvalue weighted by Gasteiger charge is 2.24. The zero-order valence-corrected chi connectivity index (χ0v) is 24.9. The largest absolute Gasteiger partial charge is 0.378 e. The first-order valence-corrected chi connectivity index (χ1v) is 15.8. The lowest BCUT2D eigenvalue weighted by atomic mass is 10.1. The Labute approximate surface area is 247 Å². The lowest BCUT2D eigenvalue weighted by molar-refractivity contribution is -0.164. The molecule has 0 N–H and O–H groups in total. The number of rotatable bonds is 8. The van der Waals surface area contributed by atoms with Crippen molar-refractivity contribution >= 4 is 50.5 Å². The molecule has 13 heteroatoms. The van der Waals surface area contributed by atoms with Crippen molar-refractivity contribution in [1.82, 2.24) is 29.0 Å². The van der Waals surface area contributed by atoms with Crippen LogP contribution in [-0.4, -0.2) is 95.2 Å². The highest BCUT2D eigenvalue weighted by Crippen LogP contribution is 2.37. The van der Waals surface area contributed by atoms with Gasteiger partial charge >= 0.3 is 0 Å². The maximum Gasteiger partial charge on any atom is 0.162 e. The molecular formula is C28H35N7O4S2. The highest BCUT2D eigenvalue weighted by molar-refractivity contribution is 7.92. The molecule has 3 aromatic heterocycles. The normalized spacial score (nSPS) is 21.3. The number of nitrogens with zero attached hydrogens (tertiary/aromatic N) is 7. The fourth-order valence-electron chi connectivity index (χ4n) is 5.74. The maximum absolute atomic E-state index is 6.02. The van der Waals surface area contributed by atoms with Crippen molar-refractivity contribution in [3.8, 4) is 11.4 Å². The first kappa shape index (κ1) is 27.5. The van der Waals surface area contributed by atoms with Crippen LogP contribution in [0, 0.1) is 0 Å². The van der Waals surface area contributed by atoms with Crippen LogP contribution in [-0.2, 0) is 25.2 Å². The number of thiophene rings is 1. The molecule has 0 aliphatic carbocycles. The molecule has 7 rings (SSSR count). The summed E-state index contributed by atoms with van der Waals surface area (Å²) in [6.45, 7) is 8.52. The molecule has 218 valence electrons. The molecular weight excluding hydrogens is 562 g/mol. The van der Waals surface area contributed by atoms with Crippen LogP contribution in [0.3, 0.4) is 0 Å². The molecule has 3 aliphatic rings. The van der Waals surface area contributed by atoms with E-state index in [4.69, 9.17) is 33.8 Å². The number of hydrogen-bond donors (Lipinski definition) is 0. The minimum absolute atomic E-state index is 0.0105. The summed E-state index contributed by atoms with van der Waals surface area (Å²) in [6.07, 6.45) is 5.36. The van der Waals surface area contributed by atoms with Crippen LogP contribution >= 0.6 is 23.6 Å². The molecule has 6 heterocycles. The van der Waals surface area contributed by atoms with Crippen LogP contribution < -0.4 is 4.90 Å². The van der Waals surface area contributed by atoms with Gasteiger partial charge in [-0.15, -0.1) is 15.7 Å². The van der Waals surface area contributed by atoms with Gasteiger partial charge in [-0.25, -0.2) is 23.8 Å².